The van der Waals surface area contributed by atoms with Crippen LogP contribution in [0, 0.1) is 0 Å². The number of sulfonamides is 1. The Hall–Kier alpha value is -0.100. The highest BCUT2D eigenvalue weighted by Crippen LogP contribution is 2.25. The van der Waals surface area contributed by atoms with Gasteiger partial charge in [-0.1, -0.05) is 31.4 Å². The van der Waals surface area contributed by atoms with Crippen molar-refractivity contribution in [1.82, 2.24) is 4.72 Å². The van der Waals surface area contributed by atoms with Crippen LogP contribution in [0.5, 0.6) is 0 Å². The van der Waals surface area contributed by atoms with Crippen molar-refractivity contribution < 1.29 is 8.42 Å². The smallest absolute Gasteiger partial charge is 0.208 e. The second kappa shape index (κ2) is 6.89. The van der Waals surface area contributed by atoms with E-state index in [1.807, 2.05) is 6.92 Å². The zero-order valence-electron chi connectivity index (χ0n) is 10.4. The van der Waals surface area contributed by atoms with Crippen LogP contribution in [0.1, 0.15) is 33.1 Å². The van der Waals surface area contributed by atoms with E-state index in [1.54, 1.807) is 6.07 Å². The summed E-state index contributed by atoms with van der Waals surface area (Å²) >= 11 is 9.07. The lowest BCUT2D eigenvalue weighted by molar-refractivity contribution is 0.534. The van der Waals surface area contributed by atoms with Gasteiger partial charge < -0.3 is 0 Å². The van der Waals surface area contributed by atoms with E-state index in [2.05, 4.69) is 27.6 Å². The van der Waals surface area contributed by atoms with Crippen molar-refractivity contribution in [1.29, 1.82) is 0 Å². The van der Waals surface area contributed by atoms with Crippen molar-refractivity contribution in [2.24, 2.45) is 0 Å². The molecule has 102 valence electrons. The predicted octanol–water partition coefficient (Wildman–Crippen LogP) is 3.96. The van der Waals surface area contributed by atoms with E-state index in [-0.39, 0.29) is 10.9 Å². The topological polar surface area (TPSA) is 46.2 Å². The molecule has 1 rings (SSSR count). The number of nitrogens with one attached hydrogen (secondary N) is 1. The molecule has 0 aliphatic heterocycles. The lowest BCUT2D eigenvalue weighted by atomic mass is 10.2. The quantitative estimate of drug-likeness (QED) is 0.840. The van der Waals surface area contributed by atoms with E-state index in [1.165, 1.54) is 12.1 Å². The Morgan fingerprint density at radius 3 is 2.67 bits per heavy atom. The lowest BCUT2D eigenvalue weighted by Gasteiger charge is -2.14. The molecule has 0 aliphatic rings. The number of halogens is 2. The largest absolute Gasteiger partial charge is 0.240 e. The fraction of sp³-hybridized carbons (Fsp3) is 0.500. The molecule has 0 aliphatic carbocycles. The minimum atomic E-state index is -3.47. The summed E-state index contributed by atoms with van der Waals surface area (Å²) in [5, 5.41) is 0.494. The van der Waals surface area contributed by atoms with Crippen LogP contribution in [-0.4, -0.2) is 14.5 Å². The Balaban J connectivity index is 2.83. The first-order chi connectivity index (χ1) is 8.36. The standard InChI is InChI=1S/C12H17BrClNO2S/c1-3-4-5-9(2)15-18(16,17)10-6-7-12(14)11(13)8-10/h6-9,15H,3-5H2,1-2H3. The zero-order chi connectivity index (χ0) is 13.8. The summed E-state index contributed by atoms with van der Waals surface area (Å²) in [6.07, 6.45) is 2.90. The molecule has 0 aromatic heterocycles. The first-order valence-electron chi connectivity index (χ1n) is 5.84. The molecule has 6 heteroatoms. The summed E-state index contributed by atoms with van der Waals surface area (Å²) in [4.78, 5) is 0.224. The Labute approximate surface area is 122 Å². The van der Waals surface area contributed by atoms with E-state index in [0.717, 1.165) is 19.3 Å². The third-order valence-electron chi connectivity index (χ3n) is 2.55. The molecule has 18 heavy (non-hydrogen) atoms. The fourth-order valence-corrected chi connectivity index (χ4v) is 3.50. The molecule has 0 spiro atoms. The normalized spacial score (nSPS) is 13.6. The van der Waals surface area contributed by atoms with E-state index >= 15 is 0 Å². The summed E-state index contributed by atoms with van der Waals surface area (Å²) in [6.45, 7) is 3.95. The molecule has 0 fully saturated rings. The monoisotopic (exact) mass is 353 g/mol. The van der Waals surface area contributed by atoms with Crippen LogP contribution in [0.15, 0.2) is 27.6 Å². The van der Waals surface area contributed by atoms with Gasteiger partial charge in [0.05, 0.1) is 9.92 Å². The van der Waals surface area contributed by atoms with E-state index in [4.69, 9.17) is 11.6 Å². The van der Waals surface area contributed by atoms with Gasteiger partial charge in [-0.05, 0) is 47.5 Å². The first kappa shape index (κ1) is 16.0. The summed E-state index contributed by atoms with van der Waals surface area (Å²) in [7, 11) is -3.47. The fourth-order valence-electron chi connectivity index (χ4n) is 1.55. The number of unbranched alkanes of at least 4 members (excludes halogenated alkanes) is 1. The molecular formula is C12H17BrClNO2S. The molecule has 0 amide bonds. The van der Waals surface area contributed by atoms with Gasteiger partial charge >= 0.3 is 0 Å². The Morgan fingerprint density at radius 2 is 2.11 bits per heavy atom. The van der Waals surface area contributed by atoms with Crippen molar-refractivity contribution in [3.63, 3.8) is 0 Å². The van der Waals surface area contributed by atoms with Gasteiger partial charge in [-0.2, -0.15) is 0 Å². The van der Waals surface area contributed by atoms with E-state index in [0.29, 0.717) is 9.50 Å². The van der Waals surface area contributed by atoms with Crippen LogP contribution >= 0.6 is 27.5 Å². The van der Waals surface area contributed by atoms with Crippen LogP contribution in [-0.2, 0) is 10.0 Å². The molecule has 1 N–H and O–H groups in total. The second-order valence-electron chi connectivity index (χ2n) is 4.24. The van der Waals surface area contributed by atoms with Crippen LogP contribution in [0.4, 0.5) is 0 Å². The van der Waals surface area contributed by atoms with Gasteiger partial charge in [-0.25, -0.2) is 13.1 Å². The lowest BCUT2D eigenvalue weighted by Crippen LogP contribution is -2.32. The highest BCUT2D eigenvalue weighted by atomic mass is 79.9. The van der Waals surface area contributed by atoms with Crippen molar-refractivity contribution in [2.45, 2.75) is 44.0 Å². The van der Waals surface area contributed by atoms with E-state index < -0.39 is 10.0 Å². The van der Waals surface area contributed by atoms with Gasteiger partial charge in [0.2, 0.25) is 10.0 Å². The summed E-state index contributed by atoms with van der Waals surface area (Å²) in [6, 6.07) is 4.51. The van der Waals surface area contributed by atoms with Crippen LogP contribution in [0.3, 0.4) is 0 Å². The van der Waals surface area contributed by atoms with Gasteiger partial charge in [0.1, 0.15) is 0 Å². The third kappa shape index (κ3) is 4.53. The summed E-state index contributed by atoms with van der Waals surface area (Å²) < 4.78 is 27.4. The highest BCUT2D eigenvalue weighted by Gasteiger charge is 2.17. The SMILES string of the molecule is CCCCC(C)NS(=O)(=O)c1ccc(Cl)c(Br)c1. The van der Waals surface area contributed by atoms with Gasteiger partial charge in [0.15, 0.2) is 0 Å². The second-order valence-corrected chi connectivity index (χ2v) is 7.22. The van der Waals surface area contributed by atoms with Gasteiger partial charge in [-0.3, -0.25) is 0 Å². The van der Waals surface area contributed by atoms with E-state index in [9.17, 15) is 8.42 Å². The van der Waals surface area contributed by atoms with Crippen molar-refractivity contribution in [3.05, 3.63) is 27.7 Å². The zero-order valence-corrected chi connectivity index (χ0v) is 13.6. The average Bonchev–Trinajstić information content (AvgIpc) is 2.29. The molecule has 0 radical (unpaired) electrons. The van der Waals surface area contributed by atoms with Gasteiger partial charge in [0, 0.05) is 10.5 Å². The van der Waals surface area contributed by atoms with Gasteiger partial charge in [-0.15, -0.1) is 0 Å². The minimum absolute atomic E-state index is 0.0654. The van der Waals surface area contributed by atoms with Crippen LogP contribution in [0.2, 0.25) is 5.02 Å². The molecule has 1 unspecified atom stereocenters. The summed E-state index contributed by atoms with van der Waals surface area (Å²) in [5.74, 6) is 0. The third-order valence-corrected chi connectivity index (χ3v) is 5.35. The number of rotatable bonds is 6. The molecule has 0 saturated heterocycles. The van der Waals surface area contributed by atoms with Crippen LogP contribution in [0.25, 0.3) is 0 Å². The Bertz CT molecular complexity index is 505. The maximum Gasteiger partial charge on any atom is 0.240 e. The Morgan fingerprint density at radius 1 is 1.44 bits per heavy atom. The van der Waals surface area contributed by atoms with Crippen LogP contribution < -0.4 is 4.72 Å². The maximum atomic E-state index is 12.1. The maximum absolute atomic E-state index is 12.1. The minimum Gasteiger partial charge on any atom is -0.208 e. The molecule has 1 aromatic rings. The molecule has 1 atom stereocenters. The van der Waals surface area contributed by atoms with Crippen molar-refractivity contribution in [3.8, 4) is 0 Å². The molecule has 3 nitrogen and oxygen atoms in total. The number of benzene rings is 1. The van der Waals surface area contributed by atoms with Gasteiger partial charge in [0.25, 0.3) is 0 Å². The molecule has 0 heterocycles. The molecule has 1 aromatic carbocycles. The number of hydrogen-bond donors (Lipinski definition) is 1. The van der Waals surface area contributed by atoms with Crippen molar-refractivity contribution in [2.75, 3.05) is 0 Å². The molecule has 0 bridgehead atoms. The number of hydrogen-bond acceptors (Lipinski definition) is 2. The predicted molar refractivity (Wildman–Crippen MR) is 78.5 cm³/mol. The average molecular weight is 355 g/mol. The van der Waals surface area contributed by atoms with Crippen molar-refractivity contribution >= 4 is 37.6 Å². The summed E-state index contributed by atoms with van der Waals surface area (Å²) in [5.41, 5.74) is 0. The highest BCUT2D eigenvalue weighted by molar-refractivity contribution is 9.10. The Kier molecular flexibility index (Phi) is 6.11. The first-order valence-corrected chi connectivity index (χ1v) is 8.49. The molecule has 0 saturated carbocycles. The molecular weight excluding hydrogens is 338 g/mol.